The van der Waals surface area contributed by atoms with Crippen LogP contribution in [0.1, 0.15) is 10.6 Å². The maximum atomic E-state index is 10.7. The predicted octanol–water partition coefficient (Wildman–Crippen LogP) is 5.35. The summed E-state index contributed by atoms with van der Waals surface area (Å²) in [6.07, 6.45) is 5.18. The summed E-state index contributed by atoms with van der Waals surface area (Å²) in [5.41, 5.74) is 2.98. The van der Waals surface area contributed by atoms with Gasteiger partial charge in [0.1, 0.15) is 16.8 Å². The molecule has 0 spiro atoms. The van der Waals surface area contributed by atoms with Gasteiger partial charge in [-0.1, -0.05) is 24.3 Å². The third-order valence-corrected chi connectivity index (χ3v) is 4.75. The monoisotopic (exact) mass is 389 g/mol. The third-order valence-electron chi connectivity index (χ3n) is 3.88. The molecule has 0 amide bonds. The lowest BCUT2D eigenvalue weighted by molar-refractivity contribution is -0.384. The number of rotatable bonds is 6. The van der Waals surface area contributed by atoms with Crippen LogP contribution in [0.25, 0.3) is 22.9 Å². The summed E-state index contributed by atoms with van der Waals surface area (Å²) in [5, 5.41) is 22.7. The second-order valence-corrected chi connectivity index (χ2v) is 6.53. The smallest absolute Gasteiger partial charge is 0.269 e. The van der Waals surface area contributed by atoms with Crippen molar-refractivity contribution in [3.63, 3.8) is 0 Å². The topological polar surface area (TPSA) is 89.0 Å². The molecule has 0 unspecified atom stereocenters. The SMILES string of the molecule is COc1cccc(-c2csc(C(C#N)=CC=Cc3ccc([N+](=O)[O-])cc3)n2)c1. The maximum Gasteiger partial charge on any atom is 0.269 e. The molecule has 138 valence electrons. The summed E-state index contributed by atoms with van der Waals surface area (Å²) < 4.78 is 5.23. The van der Waals surface area contributed by atoms with Gasteiger partial charge < -0.3 is 4.74 Å². The largest absolute Gasteiger partial charge is 0.497 e. The highest BCUT2D eigenvalue weighted by Crippen LogP contribution is 2.28. The number of nitro groups is 1. The molecular formula is C21H15N3O3S. The van der Waals surface area contributed by atoms with Gasteiger partial charge in [-0.25, -0.2) is 4.98 Å². The normalized spacial score (nSPS) is 11.4. The molecule has 0 saturated heterocycles. The summed E-state index contributed by atoms with van der Waals surface area (Å²) in [4.78, 5) is 14.8. The van der Waals surface area contributed by atoms with Crippen molar-refractivity contribution in [3.05, 3.63) is 86.7 Å². The number of aromatic nitrogens is 1. The molecule has 0 bridgehead atoms. The first-order valence-corrected chi connectivity index (χ1v) is 9.12. The lowest BCUT2D eigenvalue weighted by Gasteiger charge is -2.01. The van der Waals surface area contributed by atoms with Crippen molar-refractivity contribution in [3.8, 4) is 23.1 Å². The van der Waals surface area contributed by atoms with Gasteiger partial charge in [-0.3, -0.25) is 10.1 Å². The Morgan fingerprint density at radius 1 is 1.29 bits per heavy atom. The van der Waals surface area contributed by atoms with Gasteiger partial charge in [0.25, 0.3) is 5.69 Å². The van der Waals surface area contributed by atoms with Crippen LogP contribution in [0.15, 0.2) is 66.1 Å². The molecule has 0 N–H and O–H groups in total. The van der Waals surface area contributed by atoms with Gasteiger partial charge in [0.05, 0.1) is 23.3 Å². The standard InChI is InChI=1S/C21H15N3O3S/c1-27-19-7-3-5-16(12-19)20-14-28-21(23-20)17(13-22)6-2-4-15-8-10-18(11-9-15)24(25)26/h2-12,14H,1H3. The Hall–Kier alpha value is -3.76. The van der Waals surface area contributed by atoms with Crippen LogP contribution >= 0.6 is 11.3 Å². The number of allylic oxidation sites excluding steroid dienone is 3. The van der Waals surface area contributed by atoms with E-state index in [0.717, 1.165) is 22.6 Å². The lowest BCUT2D eigenvalue weighted by Crippen LogP contribution is -1.86. The number of nitriles is 1. The van der Waals surface area contributed by atoms with Gasteiger partial charge in [0.15, 0.2) is 0 Å². The number of methoxy groups -OCH3 is 1. The van der Waals surface area contributed by atoms with E-state index in [2.05, 4.69) is 11.1 Å². The summed E-state index contributed by atoms with van der Waals surface area (Å²) in [6.45, 7) is 0. The second kappa shape index (κ2) is 8.75. The van der Waals surface area contributed by atoms with Crippen molar-refractivity contribution < 1.29 is 9.66 Å². The molecule has 1 aromatic heterocycles. The molecule has 3 aromatic rings. The van der Waals surface area contributed by atoms with Crippen LogP contribution < -0.4 is 4.74 Å². The molecule has 0 fully saturated rings. The Morgan fingerprint density at radius 2 is 2.07 bits per heavy atom. The van der Waals surface area contributed by atoms with Gasteiger partial charge in [-0.2, -0.15) is 5.26 Å². The number of hydrogen-bond donors (Lipinski definition) is 0. The molecular weight excluding hydrogens is 374 g/mol. The van der Waals surface area contributed by atoms with Crippen LogP contribution in [0.3, 0.4) is 0 Å². The zero-order chi connectivity index (χ0) is 19.9. The van der Waals surface area contributed by atoms with Gasteiger partial charge in [-0.05, 0) is 35.9 Å². The fraction of sp³-hybridized carbons (Fsp3) is 0.0476. The predicted molar refractivity (Wildman–Crippen MR) is 110 cm³/mol. The maximum absolute atomic E-state index is 10.7. The number of thiazole rings is 1. The first-order chi connectivity index (χ1) is 13.6. The number of ether oxygens (including phenoxy) is 1. The highest BCUT2D eigenvalue weighted by Gasteiger charge is 2.09. The zero-order valence-corrected chi connectivity index (χ0v) is 15.7. The molecule has 2 aromatic carbocycles. The van der Waals surface area contributed by atoms with Crippen LogP contribution in [0.5, 0.6) is 5.75 Å². The fourth-order valence-corrected chi connectivity index (χ4v) is 3.24. The van der Waals surface area contributed by atoms with E-state index in [1.807, 2.05) is 29.6 Å². The molecule has 0 aliphatic rings. The average molecular weight is 389 g/mol. The van der Waals surface area contributed by atoms with Crippen molar-refractivity contribution in [2.75, 3.05) is 7.11 Å². The summed E-state index contributed by atoms with van der Waals surface area (Å²) in [6, 6.07) is 15.9. The molecule has 0 aliphatic heterocycles. The van der Waals surface area contributed by atoms with Gasteiger partial charge in [0, 0.05) is 23.1 Å². The van der Waals surface area contributed by atoms with E-state index in [1.54, 1.807) is 37.5 Å². The highest BCUT2D eigenvalue weighted by molar-refractivity contribution is 7.11. The van der Waals surface area contributed by atoms with Crippen molar-refractivity contribution in [2.24, 2.45) is 0 Å². The van der Waals surface area contributed by atoms with Gasteiger partial charge in [0.2, 0.25) is 0 Å². The van der Waals surface area contributed by atoms with E-state index >= 15 is 0 Å². The van der Waals surface area contributed by atoms with Crippen LogP contribution in [0.4, 0.5) is 5.69 Å². The van der Waals surface area contributed by atoms with E-state index < -0.39 is 4.92 Å². The molecule has 3 rings (SSSR count). The first-order valence-electron chi connectivity index (χ1n) is 8.24. The molecule has 0 aliphatic carbocycles. The Labute approximate surface area is 165 Å². The van der Waals surface area contributed by atoms with Crippen LogP contribution in [0, 0.1) is 21.4 Å². The minimum atomic E-state index is -0.441. The van der Waals surface area contributed by atoms with Crippen LogP contribution in [-0.4, -0.2) is 17.0 Å². The van der Waals surface area contributed by atoms with Crippen molar-refractivity contribution in [1.29, 1.82) is 5.26 Å². The molecule has 1 heterocycles. The van der Waals surface area contributed by atoms with Crippen LogP contribution in [0.2, 0.25) is 0 Å². The second-order valence-electron chi connectivity index (χ2n) is 5.67. The van der Waals surface area contributed by atoms with Crippen LogP contribution in [-0.2, 0) is 0 Å². The molecule has 6 nitrogen and oxygen atoms in total. The molecule has 0 atom stereocenters. The number of benzene rings is 2. The molecule has 0 saturated carbocycles. The molecule has 0 radical (unpaired) electrons. The Bertz CT molecular complexity index is 1090. The Balaban J connectivity index is 1.78. The highest BCUT2D eigenvalue weighted by atomic mass is 32.1. The summed E-state index contributed by atoms with van der Waals surface area (Å²) in [7, 11) is 1.61. The van der Waals surface area contributed by atoms with Crippen molar-refractivity contribution in [1.82, 2.24) is 4.98 Å². The number of nitro benzene ring substituents is 1. The summed E-state index contributed by atoms with van der Waals surface area (Å²) >= 11 is 1.39. The fourth-order valence-electron chi connectivity index (χ4n) is 2.43. The Kier molecular flexibility index (Phi) is 5.94. The first kappa shape index (κ1) is 19.0. The van der Waals surface area contributed by atoms with E-state index in [4.69, 9.17) is 4.74 Å². The van der Waals surface area contributed by atoms with Gasteiger partial charge in [-0.15, -0.1) is 11.3 Å². The van der Waals surface area contributed by atoms with Gasteiger partial charge >= 0.3 is 0 Å². The van der Waals surface area contributed by atoms with E-state index in [-0.39, 0.29) is 5.69 Å². The third kappa shape index (κ3) is 4.50. The minimum Gasteiger partial charge on any atom is -0.497 e. The van der Waals surface area contributed by atoms with E-state index in [0.29, 0.717) is 10.6 Å². The van der Waals surface area contributed by atoms with Crippen molar-refractivity contribution in [2.45, 2.75) is 0 Å². The number of hydrogen-bond acceptors (Lipinski definition) is 6. The number of non-ortho nitro benzene ring substituents is 1. The summed E-state index contributed by atoms with van der Waals surface area (Å²) in [5.74, 6) is 0.745. The molecule has 7 heteroatoms. The van der Waals surface area contributed by atoms with E-state index in [1.165, 1.54) is 23.5 Å². The Morgan fingerprint density at radius 3 is 2.75 bits per heavy atom. The number of nitrogens with zero attached hydrogens (tertiary/aromatic N) is 3. The molecule has 28 heavy (non-hydrogen) atoms. The zero-order valence-electron chi connectivity index (χ0n) is 14.9. The average Bonchev–Trinajstić information content (AvgIpc) is 3.21. The van der Waals surface area contributed by atoms with E-state index in [9.17, 15) is 15.4 Å². The lowest BCUT2D eigenvalue weighted by atomic mass is 10.1. The quantitative estimate of drug-likeness (QED) is 0.245. The van der Waals surface area contributed by atoms with Crippen molar-refractivity contribution >= 4 is 28.7 Å². The minimum absolute atomic E-state index is 0.0401.